The number of pyridine rings is 1. The molecule has 1 aliphatic carbocycles. The first-order valence-corrected chi connectivity index (χ1v) is 7.25. The van der Waals surface area contributed by atoms with E-state index in [9.17, 15) is 9.18 Å². The second kappa shape index (κ2) is 5.61. The molecule has 0 fully saturated rings. The monoisotopic (exact) mass is 273 g/mol. The van der Waals surface area contributed by atoms with E-state index in [1.165, 1.54) is 30.5 Å². The molecule has 0 saturated heterocycles. The molecule has 106 valence electrons. The van der Waals surface area contributed by atoms with Gasteiger partial charge in [0, 0.05) is 13.2 Å². The summed E-state index contributed by atoms with van der Waals surface area (Å²) >= 11 is 0. The molecule has 0 unspecified atom stereocenters. The zero-order valence-electron chi connectivity index (χ0n) is 11.4. The third kappa shape index (κ3) is 2.67. The van der Waals surface area contributed by atoms with Gasteiger partial charge in [0.2, 0.25) is 5.56 Å². The molecule has 1 aromatic carbocycles. The molecule has 2 nitrogen and oxygen atoms in total. The number of nitrogens with one attached hydrogen (secondary N) is 1. The predicted octanol–water partition coefficient (Wildman–Crippen LogP) is 4.09. The van der Waals surface area contributed by atoms with E-state index in [0.717, 1.165) is 42.5 Å². The van der Waals surface area contributed by atoms with E-state index in [1.807, 2.05) is 0 Å². The van der Waals surface area contributed by atoms with Crippen LogP contribution in [0.5, 0.6) is 0 Å². The summed E-state index contributed by atoms with van der Waals surface area (Å²) in [5.74, 6) is -0.249. The minimum absolute atomic E-state index is 0. The Bertz CT molecular complexity index is 663. The third-order valence-corrected chi connectivity index (χ3v) is 4.00. The van der Waals surface area contributed by atoms with Crippen molar-refractivity contribution in [1.82, 2.24) is 4.98 Å². The average Bonchev–Trinajstić information content (AvgIpc) is 2.41. The van der Waals surface area contributed by atoms with Gasteiger partial charge in [0.05, 0.1) is 0 Å². The molecule has 1 N–H and O–H groups in total. The minimum Gasteiger partial charge on any atom is -0.326 e. The van der Waals surface area contributed by atoms with Crippen LogP contribution in [0.2, 0.25) is 0 Å². The number of fused-ring (bicyclic) bond motifs is 1. The molecule has 0 aliphatic heterocycles. The van der Waals surface area contributed by atoms with Gasteiger partial charge in [0.1, 0.15) is 5.82 Å². The number of hydrogen-bond acceptors (Lipinski definition) is 1. The molecule has 3 rings (SSSR count). The van der Waals surface area contributed by atoms with Crippen molar-refractivity contribution >= 4 is 0 Å². The van der Waals surface area contributed by atoms with E-state index >= 15 is 0 Å². The molecular formula is C17H20FNO. The van der Waals surface area contributed by atoms with E-state index in [1.54, 1.807) is 18.2 Å². The molecule has 20 heavy (non-hydrogen) atoms. The van der Waals surface area contributed by atoms with E-state index in [0.29, 0.717) is 0 Å². The highest BCUT2D eigenvalue weighted by Crippen LogP contribution is 2.28. The van der Waals surface area contributed by atoms with Crippen LogP contribution in [0.15, 0.2) is 35.1 Å². The van der Waals surface area contributed by atoms with Crippen LogP contribution >= 0.6 is 0 Å². The topological polar surface area (TPSA) is 32.9 Å². The lowest BCUT2D eigenvalue weighted by Gasteiger charge is -2.17. The Morgan fingerprint density at radius 1 is 1.00 bits per heavy atom. The highest BCUT2D eigenvalue weighted by atomic mass is 19.1. The predicted molar refractivity (Wildman–Crippen MR) is 80.4 cm³/mol. The number of hydrogen-bond donors (Lipinski definition) is 1. The number of aryl methyl sites for hydroxylation is 1. The van der Waals surface area contributed by atoms with Crippen molar-refractivity contribution in [3.05, 3.63) is 57.8 Å². The molecule has 1 heterocycles. The minimum atomic E-state index is -0.249. The van der Waals surface area contributed by atoms with Gasteiger partial charge < -0.3 is 4.98 Å². The highest BCUT2D eigenvalue weighted by molar-refractivity contribution is 5.68. The largest absolute Gasteiger partial charge is 0.326 e. The molecule has 0 spiro atoms. The first-order valence-electron chi connectivity index (χ1n) is 7.25. The first-order chi connectivity index (χ1) is 9.74. The molecule has 1 aromatic heterocycles. The van der Waals surface area contributed by atoms with Gasteiger partial charge in [-0.05, 0) is 54.5 Å². The van der Waals surface area contributed by atoms with Crippen molar-refractivity contribution in [2.24, 2.45) is 0 Å². The lowest BCUT2D eigenvalue weighted by atomic mass is 9.91. The summed E-state index contributed by atoms with van der Waals surface area (Å²) in [7, 11) is 0. The van der Waals surface area contributed by atoms with E-state index in [-0.39, 0.29) is 12.8 Å². The molecule has 3 heteroatoms. The normalized spacial score (nSPS) is 15.2. The maximum atomic E-state index is 13.1. The number of rotatable bonds is 1. The molecule has 0 bridgehead atoms. The quantitative estimate of drug-likeness (QED) is 0.834. The maximum absolute atomic E-state index is 13.1. The Morgan fingerprint density at radius 2 is 1.70 bits per heavy atom. The van der Waals surface area contributed by atoms with Crippen molar-refractivity contribution in [2.75, 3.05) is 0 Å². The molecule has 0 amide bonds. The van der Waals surface area contributed by atoms with Crippen molar-refractivity contribution in [2.45, 2.75) is 38.5 Å². The van der Waals surface area contributed by atoms with Gasteiger partial charge in [0.25, 0.3) is 0 Å². The van der Waals surface area contributed by atoms with Crippen LogP contribution in [-0.2, 0) is 12.8 Å². The zero-order chi connectivity index (χ0) is 13.9. The summed E-state index contributed by atoms with van der Waals surface area (Å²) in [6.45, 7) is 0. The number of H-pyrrole nitrogens is 1. The van der Waals surface area contributed by atoms with Gasteiger partial charge in [-0.1, -0.05) is 25.0 Å². The Kier molecular flexibility index (Phi) is 3.68. The van der Waals surface area contributed by atoms with Gasteiger partial charge >= 0.3 is 0 Å². The summed E-state index contributed by atoms with van der Waals surface area (Å²) < 4.78 is 13.1. The highest BCUT2D eigenvalue weighted by Gasteiger charge is 2.14. The molecule has 0 atom stereocenters. The van der Waals surface area contributed by atoms with Crippen molar-refractivity contribution in [1.29, 1.82) is 0 Å². The van der Waals surface area contributed by atoms with Gasteiger partial charge in [0.15, 0.2) is 0 Å². The lowest BCUT2D eigenvalue weighted by molar-refractivity contribution is 0.608. The third-order valence-electron chi connectivity index (χ3n) is 4.00. The van der Waals surface area contributed by atoms with Crippen LogP contribution in [0.3, 0.4) is 0 Å². The van der Waals surface area contributed by atoms with Gasteiger partial charge in [-0.25, -0.2) is 4.39 Å². The van der Waals surface area contributed by atoms with Crippen LogP contribution in [0.1, 0.15) is 38.4 Å². The Balaban J connectivity index is 0.00000161. The molecule has 1 aliphatic rings. The van der Waals surface area contributed by atoms with Gasteiger partial charge in [-0.15, -0.1) is 0 Å². The maximum Gasteiger partial charge on any atom is 0.248 e. The summed E-state index contributed by atoms with van der Waals surface area (Å²) in [6.07, 6.45) is 6.64. The second-order valence-corrected chi connectivity index (χ2v) is 5.43. The SMILES string of the molecule is O=c1cc(-c2ccc(F)cc2)c2c([nH]1)CCCCCC2.[HH]. The standard InChI is InChI=1S/C17H18FNO.H2/c18-13-9-7-12(8-10-13)15-11-17(20)19-16-6-4-2-1-3-5-14(15)16;/h7-11H,1-6H2,(H,19,20);1H. The van der Waals surface area contributed by atoms with E-state index in [2.05, 4.69) is 4.98 Å². The van der Waals surface area contributed by atoms with Crippen LogP contribution in [0.4, 0.5) is 4.39 Å². The van der Waals surface area contributed by atoms with Crippen LogP contribution in [0, 0.1) is 5.82 Å². The van der Waals surface area contributed by atoms with Crippen LogP contribution in [-0.4, -0.2) is 4.98 Å². The first kappa shape index (κ1) is 13.1. The van der Waals surface area contributed by atoms with Crippen LogP contribution < -0.4 is 5.56 Å². The average molecular weight is 273 g/mol. The fourth-order valence-corrected chi connectivity index (χ4v) is 2.98. The van der Waals surface area contributed by atoms with E-state index in [4.69, 9.17) is 0 Å². The smallest absolute Gasteiger partial charge is 0.248 e. The Morgan fingerprint density at radius 3 is 2.45 bits per heavy atom. The fraction of sp³-hybridized carbons (Fsp3) is 0.353. The lowest BCUT2D eigenvalue weighted by Crippen LogP contribution is -2.14. The number of aromatic amines is 1. The van der Waals surface area contributed by atoms with Gasteiger partial charge in [-0.2, -0.15) is 0 Å². The number of aromatic nitrogens is 1. The summed E-state index contributed by atoms with van der Waals surface area (Å²) in [5, 5.41) is 0. The summed E-state index contributed by atoms with van der Waals surface area (Å²) in [6, 6.07) is 8.05. The van der Waals surface area contributed by atoms with Crippen molar-refractivity contribution < 1.29 is 5.82 Å². The Labute approximate surface area is 119 Å². The molecular weight excluding hydrogens is 253 g/mol. The summed E-state index contributed by atoms with van der Waals surface area (Å²) in [4.78, 5) is 14.9. The zero-order valence-corrected chi connectivity index (χ0v) is 11.4. The number of halogens is 1. The molecule has 0 saturated carbocycles. The fourth-order valence-electron chi connectivity index (χ4n) is 2.98. The summed E-state index contributed by atoms with van der Waals surface area (Å²) in [5.41, 5.74) is 4.12. The number of benzene rings is 1. The van der Waals surface area contributed by atoms with E-state index < -0.39 is 0 Å². The van der Waals surface area contributed by atoms with Crippen LogP contribution in [0.25, 0.3) is 11.1 Å². The van der Waals surface area contributed by atoms with Gasteiger partial charge in [-0.3, -0.25) is 4.79 Å². The van der Waals surface area contributed by atoms with Crippen molar-refractivity contribution in [3.63, 3.8) is 0 Å². The second-order valence-electron chi connectivity index (χ2n) is 5.43. The molecule has 2 aromatic rings. The van der Waals surface area contributed by atoms with Crippen molar-refractivity contribution in [3.8, 4) is 11.1 Å². The Hall–Kier alpha value is -1.90. The molecule has 0 radical (unpaired) electrons.